The number of hydrogen-bond acceptors (Lipinski definition) is 1. The molecule has 0 spiro atoms. The second kappa shape index (κ2) is 2.30. The predicted molar refractivity (Wildman–Crippen MR) is 37.8 cm³/mol. The van der Waals surface area contributed by atoms with Crippen LogP contribution in [0.3, 0.4) is 0 Å². The summed E-state index contributed by atoms with van der Waals surface area (Å²) in [5.74, 6) is 0. The lowest BCUT2D eigenvalue weighted by Gasteiger charge is -2.12. The van der Waals surface area contributed by atoms with Crippen LogP contribution in [0.4, 0.5) is 12.9 Å². The van der Waals surface area contributed by atoms with Crippen molar-refractivity contribution in [3.05, 3.63) is 16.3 Å². The summed E-state index contributed by atoms with van der Waals surface area (Å²) in [6, 6.07) is 0. The maximum Gasteiger partial charge on any atom is 0.510 e. The maximum atomic E-state index is 12.0. The van der Waals surface area contributed by atoms with Crippen molar-refractivity contribution in [1.82, 2.24) is 0 Å². The van der Waals surface area contributed by atoms with Gasteiger partial charge in [-0.05, 0) is 17.7 Å². The molecular formula is C5H5BF3S-. The highest BCUT2D eigenvalue weighted by Gasteiger charge is 2.27. The normalized spacial score (nSPS) is 12.0. The third-order valence-electron chi connectivity index (χ3n) is 1.25. The molecule has 1 rings (SSSR count). The van der Waals surface area contributed by atoms with Gasteiger partial charge < -0.3 is 12.9 Å². The zero-order chi connectivity index (χ0) is 7.78. The summed E-state index contributed by atoms with van der Waals surface area (Å²) in [5.41, 5.74) is -0.123. The van der Waals surface area contributed by atoms with Gasteiger partial charge in [0, 0.05) is 0 Å². The lowest BCUT2D eigenvalue weighted by molar-refractivity contribution is 0.501. The SMILES string of the molecule is Cc1cscc1[B-](F)(F)F. The summed E-state index contributed by atoms with van der Waals surface area (Å²) in [5, 5.41) is 2.65. The third-order valence-corrected chi connectivity index (χ3v) is 2.13. The lowest BCUT2D eigenvalue weighted by atomic mass is 9.80. The molecule has 1 aromatic heterocycles. The van der Waals surface area contributed by atoms with Crippen molar-refractivity contribution >= 4 is 23.8 Å². The second-order valence-corrected chi connectivity index (χ2v) is 2.83. The molecule has 0 aliphatic heterocycles. The van der Waals surface area contributed by atoms with Gasteiger partial charge in [0.1, 0.15) is 0 Å². The van der Waals surface area contributed by atoms with Crippen molar-refractivity contribution in [2.45, 2.75) is 6.92 Å². The van der Waals surface area contributed by atoms with E-state index in [-0.39, 0.29) is 0 Å². The molecule has 0 aliphatic carbocycles. The molecule has 0 saturated heterocycles. The van der Waals surface area contributed by atoms with Crippen molar-refractivity contribution in [2.24, 2.45) is 0 Å². The minimum Gasteiger partial charge on any atom is -0.445 e. The highest BCUT2D eigenvalue weighted by molar-refractivity contribution is 7.09. The number of halogens is 3. The summed E-state index contributed by atoms with van der Waals surface area (Å²) in [6.45, 7) is -3.31. The molecule has 0 aliphatic rings. The van der Waals surface area contributed by atoms with Crippen LogP contribution in [0.1, 0.15) is 5.56 Å². The second-order valence-electron chi connectivity index (χ2n) is 2.08. The van der Waals surface area contributed by atoms with E-state index < -0.39 is 12.4 Å². The van der Waals surface area contributed by atoms with E-state index in [4.69, 9.17) is 0 Å². The first-order valence-electron chi connectivity index (χ1n) is 2.74. The molecular weight excluding hydrogens is 160 g/mol. The van der Waals surface area contributed by atoms with Gasteiger partial charge in [-0.15, -0.1) is 0 Å². The molecule has 0 unspecified atom stereocenters. The zero-order valence-corrected chi connectivity index (χ0v) is 6.09. The van der Waals surface area contributed by atoms with Crippen molar-refractivity contribution in [3.8, 4) is 0 Å². The van der Waals surface area contributed by atoms with E-state index in [2.05, 4.69) is 0 Å². The molecule has 0 nitrogen and oxygen atoms in total. The molecule has 5 heteroatoms. The number of rotatable bonds is 1. The van der Waals surface area contributed by atoms with Crippen molar-refractivity contribution in [1.29, 1.82) is 0 Å². The number of thiophene rings is 1. The van der Waals surface area contributed by atoms with Gasteiger partial charge in [-0.3, -0.25) is 0 Å². The topological polar surface area (TPSA) is 0 Å². The zero-order valence-electron chi connectivity index (χ0n) is 5.27. The van der Waals surface area contributed by atoms with E-state index >= 15 is 0 Å². The molecule has 1 aromatic rings. The molecule has 0 fully saturated rings. The molecule has 0 saturated carbocycles. The summed E-state index contributed by atoms with van der Waals surface area (Å²) in [6.07, 6.45) is 0. The van der Waals surface area contributed by atoms with Gasteiger partial charge in [-0.2, -0.15) is 11.3 Å². The first-order chi connectivity index (χ1) is 4.52. The van der Waals surface area contributed by atoms with Crippen LogP contribution in [0, 0.1) is 6.92 Å². The maximum absolute atomic E-state index is 12.0. The fourth-order valence-corrected chi connectivity index (χ4v) is 1.60. The van der Waals surface area contributed by atoms with Crippen LogP contribution in [0.15, 0.2) is 10.8 Å². The minimum absolute atomic E-state index is 0.331. The van der Waals surface area contributed by atoms with E-state index in [0.717, 1.165) is 16.7 Å². The quantitative estimate of drug-likeness (QED) is 0.559. The largest absolute Gasteiger partial charge is 0.510 e. The molecule has 56 valence electrons. The monoisotopic (exact) mass is 165 g/mol. The van der Waals surface area contributed by atoms with E-state index in [9.17, 15) is 12.9 Å². The standard InChI is InChI=1S/C5H5BF3S/c1-4-2-10-3-5(4)6(7,8)9/h2-3H,1H3/q-1. The molecule has 0 aromatic carbocycles. The average molecular weight is 165 g/mol. The molecule has 0 N–H and O–H groups in total. The minimum atomic E-state index is -4.78. The molecule has 0 bridgehead atoms. The Labute approximate surface area is 60.7 Å². The Balaban J connectivity index is 3.05. The summed E-state index contributed by atoms with van der Waals surface area (Å²) < 4.78 is 35.9. The van der Waals surface area contributed by atoms with Gasteiger partial charge in [-0.25, -0.2) is 0 Å². The van der Waals surface area contributed by atoms with Gasteiger partial charge in [-0.1, -0.05) is 11.0 Å². The van der Waals surface area contributed by atoms with Gasteiger partial charge in [0.15, 0.2) is 0 Å². The molecule has 10 heavy (non-hydrogen) atoms. The fraction of sp³-hybridized carbons (Fsp3) is 0.200. The number of aryl methyl sites for hydroxylation is 1. The van der Waals surface area contributed by atoms with Crippen LogP contribution in [0.25, 0.3) is 0 Å². The van der Waals surface area contributed by atoms with Crippen LogP contribution in [0.5, 0.6) is 0 Å². The Bertz CT molecular complexity index is 227. The van der Waals surface area contributed by atoms with Crippen LogP contribution < -0.4 is 5.46 Å². The van der Waals surface area contributed by atoms with Crippen molar-refractivity contribution in [2.75, 3.05) is 0 Å². The van der Waals surface area contributed by atoms with Gasteiger partial charge >= 0.3 is 6.98 Å². The van der Waals surface area contributed by atoms with Crippen LogP contribution in [0.2, 0.25) is 0 Å². The van der Waals surface area contributed by atoms with Gasteiger partial charge in [0.05, 0.1) is 0 Å². The fourth-order valence-electron chi connectivity index (χ4n) is 0.706. The summed E-state index contributed by atoms with van der Waals surface area (Å²) in [4.78, 5) is 0. The third kappa shape index (κ3) is 1.34. The molecule has 1 heterocycles. The Morgan fingerprint density at radius 2 is 1.90 bits per heavy atom. The Kier molecular flexibility index (Phi) is 1.77. The lowest BCUT2D eigenvalue weighted by Crippen LogP contribution is -2.34. The Hall–Kier alpha value is -0.445. The number of hydrogen-bond donors (Lipinski definition) is 0. The first kappa shape index (κ1) is 7.66. The molecule has 0 radical (unpaired) electrons. The predicted octanol–water partition coefficient (Wildman–Crippen LogP) is 2.11. The van der Waals surface area contributed by atoms with Crippen molar-refractivity contribution in [3.63, 3.8) is 0 Å². The van der Waals surface area contributed by atoms with E-state index in [1.807, 2.05) is 0 Å². The van der Waals surface area contributed by atoms with Crippen LogP contribution in [-0.2, 0) is 0 Å². The van der Waals surface area contributed by atoms with E-state index in [1.54, 1.807) is 0 Å². The van der Waals surface area contributed by atoms with Crippen LogP contribution in [-0.4, -0.2) is 6.98 Å². The van der Waals surface area contributed by atoms with E-state index in [0.29, 0.717) is 5.56 Å². The Morgan fingerprint density at radius 1 is 1.30 bits per heavy atom. The smallest absolute Gasteiger partial charge is 0.445 e. The first-order valence-corrected chi connectivity index (χ1v) is 3.68. The highest BCUT2D eigenvalue weighted by Crippen LogP contribution is 2.14. The Morgan fingerprint density at radius 3 is 2.10 bits per heavy atom. The van der Waals surface area contributed by atoms with E-state index in [1.165, 1.54) is 12.3 Å². The van der Waals surface area contributed by atoms with Gasteiger partial charge in [0.2, 0.25) is 0 Å². The van der Waals surface area contributed by atoms with Gasteiger partial charge in [0.25, 0.3) is 0 Å². The van der Waals surface area contributed by atoms with Crippen molar-refractivity contribution < 1.29 is 12.9 Å². The average Bonchev–Trinajstić information content (AvgIpc) is 2.11. The highest BCUT2D eigenvalue weighted by atomic mass is 32.1. The molecule has 0 atom stereocenters. The van der Waals surface area contributed by atoms with Crippen LogP contribution >= 0.6 is 11.3 Å². The summed E-state index contributed by atoms with van der Waals surface area (Å²) >= 11 is 1.09. The summed E-state index contributed by atoms with van der Waals surface area (Å²) in [7, 11) is 0. The molecule has 0 amide bonds.